The van der Waals surface area contributed by atoms with E-state index in [-0.39, 0.29) is 12.5 Å². The van der Waals surface area contributed by atoms with Crippen LogP contribution in [0, 0.1) is 0 Å². The van der Waals surface area contributed by atoms with Crippen LogP contribution in [0.2, 0.25) is 0 Å². The molecule has 0 spiro atoms. The monoisotopic (exact) mass is 429 g/mol. The number of nitrogens with zero attached hydrogens (tertiary/aromatic N) is 5. The Bertz CT molecular complexity index is 1200. The summed E-state index contributed by atoms with van der Waals surface area (Å²) in [6.07, 6.45) is 1.66. The van der Waals surface area contributed by atoms with E-state index in [0.717, 1.165) is 11.0 Å². The predicted molar refractivity (Wildman–Crippen MR) is 122 cm³/mol. The Balaban J connectivity index is 1.24. The van der Waals surface area contributed by atoms with Crippen LogP contribution in [0.4, 0.5) is 11.6 Å². The van der Waals surface area contributed by atoms with Crippen LogP contribution >= 0.6 is 0 Å². The summed E-state index contributed by atoms with van der Waals surface area (Å²) in [7, 11) is 0. The molecular weight excluding hydrogens is 406 g/mol. The van der Waals surface area contributed by atoms with Crippen molar-refractivity contribution < 1.29 is 9.53 Å². The molecule has 4 aromatic rings. The fraction of sp³-hybridized carbons (Fsp3) is 0.217. The first-order valence-corrected chi connectivity index (χ1v) is 10.5. The number of aromatic amines is 1. The fourth-order valence-corrected chi connectivity index (χ4v) is 3.72. The highest BCUT2D eigenvalue weighted by molar-refractivity contribution is 5.81. The van der Waals surface area contributed by atoms with Crippen molar-refractivity contribution in [2.75, 3.05) is 43.4 Å². The standard InChI is InChI=1S/C23H23N7O2/c24-22-21(23-26-17-8-4-5-9-18(17)27-23)28-19(14-25-22)29-10-12-30(13-11-29)20(31)15-32-16-6-2-1-3-7-16/h1-9,14H,10-13,15H2,(H2,24,25)(H,26,27). The SMILES string of the molecule is Nc1ncc(N2CCN(C(=O)COc3ccccc3)CC2)nc1-c1nc2ccccc2[nH]1. The zero-order valence-electron chi connectivity index (χ0n) is 17.4. The molecule has 0 radical (unpaired) electrons. The second kappa shape index (κ2) is 8.54. The van der Waals surface area contributed by atoms with Crippen molar-refractivity contribution in [3.05, 3.63) is 60.8 Å². The molecule has 162 valence electrons. The van der Waals surface area contributed by atoms with E-state index in [9.17, 15) is 4.79 Å². The van der Waals surface area contributed by atoms with Gasteiger partial charge >= 0.3 is 0 Å². The largest absolute Gasteiger partial charge is 0.484 e. The highest BCUT2D eigenvalue weighted by Gasteiger charge is 2.23. The van der Waals surface area contributed by atoms with E-state index in [0.29, 0.717) is 55.1 Å². The Hall–Kier alpha value is -4.14. The first kappa shape index (κ1) is 19.8. The summed E-state index contributed by atoms with van der Waals surface area (Å²) in [4.78, 5) is 33.3. The summed E-state index contributed by atoms with van der Waals surface area (Å²) in [5, 5.41) is 0. The van der Waals surface area contributed by atoms with E-state index in [1.165, 1.54) is 0 Å². The van der Waals surface area contributed by atoms with Crippen molar-refractivity contribution in [1.82, 2.24) is 24.8 Å². The van der Waals surface area contributed by atoms with Crippen molar-refractivity contribution in [1.29, 1.82) is 0 Å². The first-order valence-electron chi connectivity index (χ1n) is 10.5. The van der Waals surface area contributed by atoms with E-state index in [1.54, 1.807) is 6.20 Å². The summed E-state index contributed by atoms with van der Waals surface area (Å²) in [5.41, 5.74) is 8.38. The zero-order valence-corrected chi connectivity index (χ0v) is 17.4. The molecule has 5 rings (SSSR count). The molecule has 1 aliphatic rings. The minimum Gasteiger partial charge on any atom is -0.484 e. The number of fused-ring (bicyclic) bond motifs is 1. The van der Waals surface area contributed by atoms with Gasteiger partial charge in [0, 0.05) is 26.2 Å². The number of piperazine rings is 1. The molecule has 2 aromatic heterocycles. The van der Waals surface area contributed by atoms with Crippen molar-refractivity contribution in [2.24, 2.45) is 0 Å². The van der Waals surface area contributed by atoms with Gasteiger partial charge in [-0.1, -0.05) is 30.3 Å². The molecule has 3 heterocycles. The minimum atomic E-state index is -0.0279. The van der Waals surface area contributed by atoms with Crippen LogP contribution in [0.15, 0.2) is 60.8 Å². The van der Waals surface area contributed by atoms with Crippen molar-refractivity contribution in [2.45, 2.75) is 0 Å². The fourth-order valence-electron chi connectivity index (χ4n) is 3.72. The number of carbonyl (C=O) groups excluding carboxylic acids is 1. The van der Waals surface area contributed by atoms with Crippen molar-refractivity contribution >= 4 is 28.6 Å². The maximum absolute atomic E-state index is 12.5. The average Bonchev–Trinajstić information content (AvgIpc) is 3.28. The number of nitrogens with two attached hydrogens (primary N) is 1. The van der Waals surface area contributed by atoms with E-state index in [2.05, 4.69) is 19.9 Å². The third-order valence-corrected chi connectivity index (χ3v) is 5.46. The van der Waals surface area contributed by atoms with Crippen LogP contribution in [-0.2, 0) is 4.79 Å². The Kier molecular flexibility index (Phi) is 5.29. The summed E-state index contributed by atoms with van der Waals surface area (Å²) < 4.78 is 5.58. The number of ether oxygens (including phenoxy) is 1. The van der Waals surface area contributed by atoms with Crippen LogP contribution in [-0.4, -0.2) is 63.5 Å². The molecule has 1 fully saturated rings. The number of imidazole rings is 1. The second-order valence-electron chi connectivity index (χ2n) is 7.53. The molecule has 0 aliphatic carbocycles. The van der Waals surface area contributed by atoms with E-state index < -0.39 is 0 Å². The first-order chi connectivity index (χ1) is 15.7. The lowest BCUT2D eigenvalue weighted by molar-refractivity contribution is -0.133. The highest BCUT2D eigenvalue weighted by atomic mass is 16.5. The molecule has 0 bridgehead atoms. The Morgan fingerprint density at radius 2 is 1.75 bits per heavy atom. The highest BCUT2D eigenvalue weighted by Crippen LogP contribution is 2.25. The average molecular weight is 429 g/mol. The number of H-pyrrole nitrogens is 1. The smallest absolute Gasteiger partial charge is 0.260 e. The van der Waals surface area contributed by atoms with E-state index in [4.69, 9.17) is 15.5 Å². The van der Waals surface area contributed by atoms with Gasteiger partial charge in [0.2, 0.25) is 0 Å². The van der Waals surface area contributed by atoms with Gasteiger partial charge in [-0.2, -0.15) is 0 Å². The lowest BCUT2D eigenvalue weighted by Crippen LogP contribution is -2.50. The number of hydrogen-bond donors (Lipinski definition) is 2. The molecule has 0 atom stereocenters. The van der Waals surface area contributed by atoms with E-state index in [1.807, 2.05) is 59.5 Å². The Labute approximate surface area is 184 Å². The molecule has 0 unspecified atom stereocenters. The molecule has 9 nitrogen and oxygen atoms in total. The molecule has 32 heavy (non-hydrogen) atoms. The number of nitrogens with one attached hydrogen (secondary N) is 1. The Morgan fingerprint density at radius 1 is 1.00 bits per heavy atom. The van der Waals surface area contributed by atoms with Gasteiger partial charge < -0.3 is 25.3 Å². The van der Waals surface area contributed by atoms with Crippen LogP contribution in [0.3, 0.4) is 0 Å². The second-order valence-corrected chi connectivity index (χ2v) is 7.53. The minimum absolute atomic E-state index is 0.0279. The maximum atomic E-state index is 12.5. The predicted octanol–water partition coefficient (Wildman–Crippen LogP) is 2.33. The van der Waals surface area contributed by atoms with Crippen LogP contribution in [0.25, 0.3) is 22.6 Å². The molecule has 1 amide bonds. The van der Waals surface area contributed by atoms with Gasteiger partial charge in [-0.3, -0.25) is 4.79 Å². The van der Waals surface area contributed by atoms with Gasteiger partial charge in [-0.05, 0) is 24.3 Å². The van der Waals surface area contributed by atoms with Crippen LogP contribution in [0.5, 0.6) is 5.75 Å². The third kappa shape index (κ3) is 4.04. The number of aromatic nitrogens is 4. The van der Waals surface area contributed by atoms with Gasteiger partial charge in [0.15, 0.2) is 23.9 Å². The van der Waals surface area contributed by atoms with Crippen LogP contribution < -0.4 is 15.4 Å². The molecule has 9 heteroatoms. The molecule has 2 aromatic carbocycles. The number of rotatable bonds is 5. The summed E-state index contributed by atoms with van der Waals surface area (Å²) in [5.74, 6) is 2.28. The number of benzene rings is 2. The van der Waals surface area contributed by atoms with Gasteiger partial charge in [0.05, 0.1) is 17.2 Å². The molecule has 1 aliphatic heterocycles. The summed E-state index contributed by atoms with van der Waals surface area (Å²) in [6.45, 7) is 2.50. The maximum Gasteiger partial charge on any atom is 0.260 e. The van der Waals surface area contributed by atoms with E-state index >= 15 is 0 Å². The molecule has 0 saturated carbocycles. The van der Waals surface area contributed by atoms with Crippen LogP contribution in [0.1, 0.15) is 0 Å². The van der Waals surface area contributed by atoms with Gasteiger partial charge in [-0.15, -0.1) is 0 Å². The zero-order chi connectivity index (χ0) is 21.9. The molecule has 3 N–H and O–H groups in total. The molecular formula is C23H23N7O2. The number of carbonyl (C=O) groups is 1. The van der Waals surface area contributed by atoms with Crippen molar-refractivity contribution in [3.63, 3.8) is 0 Å². The van der Waals surface area contributed by atoms with Crippen molar-refractivity contribution in [3.8, 4) is 17.3 Å². The number of para-hydroxylation sites is 3. The topological polar surface area (TPSA) is 113 Å². The van der Waals surface area contributed by atoms with Gasteiger partial charge in [0.25, 0.3) is 5.91 Å². The lowest BCUT2D eigenvalue weighted by atomic mass is 10.3. The third-order valence-electron chi connectivity index (χ3n) is 5.46. The summed E-state index contributed by atoms with van der Waals surface area (Å²) >= 11 is 0. The summed E-state index contributed by atoms with van der Waals surface area (Å²) in [6, 6.07) is 17.1. The Morgan fingerprint density at radius 3 is 2.53 bits per heavy atom. The normalized spacial score (nSPS) is 14.0. The number of amides is 1. The number of anilines is 2. The van der Waals surface area contributed by atoms with Gasteiger partial charge in [0.1, 0.15) is 11.6 Å². The number of hydrogen-bond acceptors (Lipinski definition) is 7. The lowest BCUT2D eigenvalue weighted by Gasteiger charge is -2.35. The molecule has 1 saturated heterocycles. The quantitative estimate of drug-likeness (QED) is 0.501. The number of nitrogen functional groups attached to an aromatic ring is 1. The van der Waals surface area contributed by atoms with Gasteiger partial charge in [-0.25, -0.2) is 15.0 Å².